The first kappa shape index (κ1) is 25.1. The van der Waals surface area contributed by atoms with E-state index in [0.29, 0.717) is 23.0 Å². The highest BCUT2D eigenvalue weighted by atomic mass is 19.4. The van der Waals surface area contributed by atoms with Crippen molar-refractivity contribution < 1.29 is 32.2 Å². The van der Waals surface area contributed by atoms with Crippen LogP contribution in [0.4, 0.5) is 28.9 Å². The number of benzene rings is 2. The molecule has 2 saturated heterocycles. The summed E-state index contributed by atoms with van der Waals surface area (Å²) in [7, 11) is 1.55. The maximum atomic E-state index is 14.3. The van der Waals surface area contributed by atoms with Gasteiger partial charge < -0.3 is 19.6 Å². The van der Waals surface area contributed by atoms with Crippen molar-refractivity contribution in [1.82, 2.24) is 0 Å². The van der Waals surface area contributed by atoms with Crippen LogP contribution in [-0.4, -0.2) is 50.0 Å². The monoisotopic (exact) mass is 494 g/mol. The van der Waals surface area contributed by atoms with E-state index >= 15 is 0 Å². The molecule has 0 spiro atoms. The number of hydrogen-bond acceptors (Lipinski definition) is 4. The molecular formula is C26H30F4N2O3. The molecule has 2 atom stereocenters. The molecule has 0 radical (unpaired) electrons. The van der Waals surface area contributed by atoms with Gasteiger partial charge in [0.2, 0.25) is 0 Å². The predicted molar refractivity (Wildman–Crippen MR) is 126 cm³/mol. The number of aliphatic carboxylic acids is 1. The van der Waals surface area contributed by atoms with Crippen molar-refractivity contribution in [3.05, 3.63) is 53.8 Å². The molecule has 1 N–H and O–H groups in total. The molecule has 5 nitrogen and oxygen atoms in total. The Hall–Kier alpha value is -2.97. The Balaban J connectivity index is 1.36. The van der Waals surface area contributed by atoms with Gasteiger partial charge >= 0.3 is 12.1 Å². The highest BCUT2D eigenvalue weighted by Crippen LogP contribution is 2.40. The molecule has 0 amide bonds. The van der Waals surface area contributed by atoms with Gasteiger partial charge in [0, 0.05) is 37.4 Å². The van der Waals surface area contributed by atoms with Gasteiger partial charge in [-0.2, -0.15) is 13.2 Å². The molecule has 9 heteroatoms. The van der Waals surface area contributed by atoms with Crippen LogP contribution in [-0.2, 0) is 11.2 Å². The first-order valence-electron chi connectivity index (χ1n) is 11.9. The van der Waals surface area contributed by atoms with E-state index in [0.717, 1.165) is 37.9 Å². The highest BCUT2D eigenvalue weighted by Gasteiger charge is 2.47. The van der Waals surface area contributed by atoms with Crippen molar-refractivity contribution in [2.45, 2.75) is 44.3 Å². The van der Waals surface area contributed by atoms with E-state index in [-0.39, 0.29) is 25.2 Å². The minimum absolute atomic E-state index is 0.204. The van der Waals surface area contributed by atoms with E-state index in [9.17, 15) is 22.4 Å². The molecular weight excluding hydrogens is 464 g/mol. The van der Waals surface area contributed by atoms with Gasteiger partial charge in [0.25, 0.3) is 0 Å². The number of nitrogens with zero attached hydrogens (tertiary/aromatic N) is 2. The fraction of sp³-hybridized carbons (Fsp3) is 0.500. The molecule has 35 heavy (non-hydrogen) atoms. The van der Waals surface area contributed by atoms with Gasteiger partial charge in [-0.3, -0.25) is 4.79 Å². The minimum atomic E-state index is -4.34. The molecule has 2 fully saturated rings. The number of alkyl halides is 3. The molecule has 190 valence electrons. The first-order valence-corrected chi connectivity index (χ1v) is 11.9. The molecule has 4 rings (SSSR count). The second-order valence-electron chi connectivity index (χ2n) is 9.50. The van der Waals surface area contributed by atoms with Gasteiger partial charge in [0.1, 0.15) is 11.6 Å². The molecule has 2 heterocycles. The van der Waals surface area contributed by atoms with Crippen LogP contribution in [0.3, 0.4) is 0 Å². The standard InChI is InChI=1S/C26H30F4N2O3/c1-35-22-6-7-23(27)24(15-22)31-10-8-18(9-11-31)12-17-2-4-20(5-3-17)32-16-19(26(28,29)30)13-21(32)14-25(33)34/h2-7,15,18-19,21H,8-14,16H2,1H3,(H,33,34)/t19-,21-/m1/s1. The Bertz CT molecular complexity index is 1020. The summed E-state index contributed by atoms with van der Waals surface area (Å²) in [4.78, 5) is 14.8. The van der Waals surface area contributed by atoms with Crippen LogP contribution in [0.1, 0.15) is 31.2 Å². The van der Waals surface area contributed by atoms with Crippen LogP contribution in [0.25, 0.3) is 0 Å². The smallest absolute Gasteiger partial charge is 0.393 e. The fourth-order valence-corrected chi connectivity index (χ4v) is 5.26. The molecule has 0 aromatic heterocycles. The van der Waals surface area contributed by atoms with Crippen molar-refractivity contribution in [1.29, 1.82) is 0 Å². The van der Waals surface area contributed by atoms with Crippen molar-refractivity contribution in [3.63, 3.8) is 0 Å². The molecule has 0 saturated carbocycles. The topological polar surface area (TPSA) is 53.0 Å². The molecule has 2 aliphatic rings. The normalized spacial score (nSPS) is 21.4. The lowest BCUT2D eigenvalue weighted by molar-refractivity contribution is -0.169. The molecule has 0 aliphatic carbocycles. The lowest BCUT2D eigenvalue weighted by Crippen LogP contribution is -2.34. The number of rotatable bonds is 7. The summed E-state index contributed by atoms with van der Waals surface area (Å²) < 4.78 is 59.3. The summed E-state index contributed by atoms with van der Waals surface area (Å²) in [6, 6.07) is 11.5. The number of halogens is 4. The number of hydrogen-bond donors (Lipinski definition) is 1. The lowest BCUT2D eigenvalue weighted by Gasteiger charge is -2.34. The third-order valence-electron chi connectivity index (χ3n) is 7.19. The summed E-state index contributed by atoms with van der Waals surface area (Å²) in [6.07, 6.45) is -2.23. The number of ether oxygens (including phenoxy) is 1. The Kier molecular flexibility index (Phi) is 7.42. The third kappa shape index (κ3) is 6.00. The van der Waals surface area contributed by atoms with Crippen LogP contribution in [0.15, 0.2) is 42.5 Å². The molecule has 2 aromatic rings. The van der Waals surface area contributed by atoms with E-state index in [1.54, 1.807) is 36.3 Å². The van der Waals surface area contributed by atoms with Crippen molar-refractivity contribution in [3.8, 4) is 5.75 Å². The Labute approximate surface area is 202 Å². The quantitative estimate of drug-likeness (QED) is 0.514. The first-order chi connectivity index (χ1) is 16.6. The summed E-state index contributed by atoms with van der Waals surface area (Å²) in [6.45, 7) is 1.24. The largest absolute Gasteiger partial charge is 0.497 e. The second-order valence-corrected chi connectivity index (χ2v) is 9.50. The zero-order valence-electron chi connectivity index (χ0n) is 19.6. The van der Waals surface area contributed by atoms with Gasteiger partial charge in [-0.15, -0.1) is 0 Å². The van der Waals surface area contributed by atoms with Gasteiger partial charge in [-0.1, -0.05) is 12.1 Å². The maximum Gasteiger partial charge on any atom is 0.393 e. The van der Waals surface area contributed by atoms with Crippen molar-refractivity contribution in [2.24, 2.45) is 11.8 Å². The van der Waals surface area contributed by atoms with E-state index in [2.05, 4.69) is 0 Å². The summed E-state index contributed by atoms with van der Waals surface area (Å²) in [5, 5.41) is 9.15. The van der Waals surface area contributed by atoms with Crippen LogP contribution in [0.2, 0.25) is 0 Å². The van der Waals surface area contributed by atoms with Crippen LogP contribution in [0, 0.1) is 17.7 Å². The van der Waals surface area contributed by atoms with Gasteiger partial charge in [0.05, 0.1) is 25.1 Å². The van der Waals surface area contributed by atoms with Gasteiger partial charge in [-0.05, 0) is 61.4 Å². The van der Waals surface area contributed by atoms with Gasteiger partial charge in [-0.25, -0.2) is 4.39 Å². The van der Waals surface area contributed by atoms with Crippen LogP contribution >= 0.6 is 0 Å². The van der Waals surface area contributed by atoms with E-state index < -0.39 is 24.1 Å². The SMILES string of the molecule is COc1ccc(F)c(N2CCC(Cc3ccc(N4C[C@H](C(F)(F)F)C[C@@H]4CC(=O)O)cc3)CC2)c1. The van der Waals surface area contributed by atoms with E-state index in [1.165, 1.54) is 6.07 Å². The molecule has 2 aliphatic heterocycles. The summed E-state index contributed by atoms with van der Waals surface area (Å²) in [5.74, 6) is -1.85. The average molecular weight is 495 g/mol. The number of methoxy groups -OCH3 is 1. The Morgan fingerprint density at radius 1 is 1.11 bits per heavy atom. The summed E-state index contributed by atoms with van der Waals surface area (Å²) >= 11 is 0. The van der Waals surface area contributed by atoms with E-state index in [4.69, 9.17) is 9.84 Å². The molecule has 2 aromatic carbocycles. The average Bonchev–Trinajstić information content (AvgIpc) is 3.24. The number of anilines is 2. The zero-order valence-corrected chi connectivity index (χ0v) is 19.6. The third-order valence-corrected chi connectivity index (χ3v) is 7.19. The fourth-order valence-electron chi connectivity index (χ4n) is 5.26. The number of carboxylic acids is 1. The van der Waals surface area contributed by atoms with Crippen molar-refractivity contribution in [2.75, 3.05) is 36.5 Å². The van der Waals surface area contributed by atoms with E-state index in [1.807, 2.05) is 17.0 Å². The lowest BCUT2D eigenvalue weighted by atomic mass is 9.90. The molecule has 0 bridgehead atoms. The Morgan fingerprint density at radius 2 is 1.80 bits per heavy atom. The highest BCUT2D eigenvalue weighted by molar-refractivity contribution is 5.69. The minimum Gasteiger partial charge on any atom is -0.497 e. The predicted octanol–water partition coefficient (Wildman–Crippen LogP) is 5.53. The van der Waals surface area contributed by atoms with Crippen LogP contribution < -0.4 is 14.5 Å². The number of carboxylic acid groups (broad SMARTS) is 1. The maximum absolute atomic E-state index is 14.3. The Morgan fingerprint density at radius 3 is 2.40 bits per heavy atom. The molecule has 0 unspecified atom stereocenters. The summed E-state index contributed by atoms with van der Waals surface area (Å²) in [5.41, 5.74) is 2.25. The van der Waals surface area contributed by atoms with Crippen LogP contribution in [0.5, 0.6) is 5.75 Å². The zero-order chi connectivity index (χ0) is 25.2. The van der Waals surface area contributed by atoms with Crippen molar-refractivity contribution >= 4 is 17.3 Å². The second kappa shape index (κ2) is 10.3. The number of carbonyl (C=O) groups is 1. The number of piperidine rings is 1. The van der Waals surface area contributed by atoms with Gasteiger partial charge in [0.15, 0.2) is 0 Å².